The third-order valence-corrected chi connectivity index (χ3v) is 3.07. The van der Waals surface area contributed by atoms with E-state index in [4.69, 9.17) is 17.3 Å². The van der Waals surface area contributed by atoms with Crippen molar-refractivity contribution in [2.75, 3.05) is 11.9 Å². The van der Waals surface area contributed by atoms with Crippen molar-refractivity contribution in [2.24, 2.45) is 5.73 Å². The highest BCUT2D eigenvalue weighted by atomic mass is 35.5. The van der Waals surface area contributed by atoms with Crippen LogP contribution in [-0.4, -0.2) is 12.5 Å². The van der Waals surface area contributed by atoms with E-state index in [-0.39, 0.29) is 12.5 Å². The second kappa shape index (κ2) is 9.41. The first kappa shape index (κ1) is 16.6. The Bertz CT molecular complexity index is 503. The summed E-state index contributed by atoms with van der Waals surface area (Å²) in [4.78, 5) is 11.9. The number of hydrogen-bond donors (Lipinski definition) is 2. The van der Waals surface area contributed by atoms with Gasteiger partial charge in [-0.3, -0.25) is 4.79 Å². The predicted octanol–water partition coefficient (Wildman–Crippen LogP) is 3.56. The maximum Gasteiger partial charge on any atom is 0.224 e. The van der Waals surface area contributed by atoms with E-state index >= 15 is 0 Å². The lowest BCUT2D eigenvalue weighted by atomic mass is 10.1. The van der Waals surface area contributed by atoms with Crippen LogP contribution in [0.1, 0.15) is 44.6 Å². The van der Waals surface area contributed by atoms with Gasteiger partial charge < -0.3 is 11.1 Å². The number of hydrogen-bond acceptors (Lipinski definition) is 2. The van der Waals surface area contributed by atoms with Gasteiger partial charge in [-0.2, -0.15) is 0 Å². The summed E-state index contributed by atoms with van der Waals surface area (Å²) < 4.78 is 0. The van der Waals surface area contributed by atoms with Crippen molar-refractivity contribution in [3.63, 3.8) is 0 Å². The molecular formula is C16H21ClN2O. The molecule has 108 valence electrons. The zero-order valence-electron chi connectivity index (χ0n) is 11.8. The maximum absolute atomic E-state index is 11.9. The van der Waals surface area contributed by atoms with Crippen molar-refractivity contribution in [2.45, 2.75) is 39.0 Å². The number of unbranched alkanes of at least 4 members (excludes halogenated alkanes) is 3. The molecule has 0 saturated heterocycles. The summed E-state index contributed by atoms with van der Waals surface area (Å²) in [5.41, 5.74) is 6.76. The molecule has 3 N–H and O–H groups in total. The van der Waals surface area contributed by atoms with Crippen LogP contribution in [0.4, 0.5) is 5.69 Å². The second-order valence-corrected chi connectivity index (χ2v) is 4.99. The van der Waals surface area contributed by atoms with Crippen LogP contribution < -0.4 is 11.1 Å². The summed E-state index contributed by atoms with van der Waals surface area (Å²) in [6.45, 7) is 2.42. The van der Waals surface area contributed by atoms with Crippen LogP contribution in [0.3, 0.4) is 0 Å². The fraction of sp³-hybridized carbons (Fsp3) is 0.438. The Labute approximate surface area is 125 Å². The summed E-state index contributed by atoms with van der Waals surface area (Å²) in [7, 11) is 0. The van der Waals surface area contributed by atoms with Gasteiger partial charge >= 0.3 is 0 Å². The van der Waals surface area contributed by atoms with E-state index in [2.05, 4.69) is 24.1 Å². The summed E-state index contributed by atoms with van der Waals surface area (Å²) in [6, 6.07) is 5.24. The van der Waals surface area contributed by atoms with E-state index in [0.717, 1.165) is 19.3 Å². The molecule has 0 unspecified atom stereocenters. The van der Waals surface area contributed by atoms with Gasteiger partial charge in [0.25, 0.3) is 0 Å². The van der Waals surface area contributed by atoms with Crippen LogP contribution in [0.25, 0.3) is 0 Å². The molecule has 0 aromatic heterocycles. The Balaban J connectivity index is 2.64. The molecule has 0 radical (unpaired) electrons. The molecule has 0 bridgehead atoms. The van der Waals surface area contributed by atoms with E-state index in [1.165, 1.54) is 6.42 Å². The minimum atomic E-state index is 0.0132. The Hall–Kier alpha value is -1.50. The number of carbonyl (C=O) groups excluding carboxylic acids is 1. The summed E-state index contributed by atoms with van der Waals surface area (Å²) >= 11 is 5.94. The number of carbonyl (C=O) groups is 1. The van der Waals surface area contributed by atoms with Gasteiger partial charge in [0.1, 0.15) is 0 Å². The van der Waals surface area contributed by atoms with Crippen LogP contribution in [0.2, 0.25) is 5.02 Å². The first-order chi connectivity index (χ1) is 9.67. The van der Waals surface area contributed by atoms with Crippen molar-refractivity contribution >= 4 is 23.2 Å². The lowest BCUT2D eigenvalue weighted by Crippen LogP contribution is -2.12. The number of halogens is 1. The summed E-state index contributed by atoms with van der Waals surface area (Å²) in [5.74, 6) is 5.71. The normalized spacial score (nSPS) is 9.75. The van der Waals surface area contributed by atoms with Crippen molar-refractivity contribution in [1.29, 1.82) is 0 Å². The Kier molecular flexibility index (Phi) is 7.79. The molecule has 1 amide bonds. The molecule has 0 heterocycles. The van der Waals surface area contributed by atoms with Gasteiger partial charge in [0.2, 0.25) is 5.91 Å². The Morgan fingerprint density at radius 3 is 2.85 bits per heavy atom. The first-order valence-corrected chi connectivity index (χ1v) is 7.33. The molecule has 0 aliphatic carbocycles. The minimum Gasteiger partial charge on any atom is -0.325 e. The van der Waals surface area contributed by atoms with Gasteiger partial charge in [-0.1, -0.05) is 49.6 Å². The molecule has 0 atom stereocenters. The first-order valence-electron chi connectivity index (χ1n) is 6.95. The number of amides is 1. The Morgan fingerprint density at radius 1 is 1.35 bits per heavy atom. The lowest BCUT2D eigenvalue weighted by Gasteiger charge is -2.08. The van der Waals surface area contributed by atoms with E-state index in [0.29, 0.717) is 22.7 Å². The molecule has 0 aliphatic heterocycles. The molecule has 1 aromatic rings. The number of rotatable bonds is 6. The SMILES string of the molecule is CCCCCCC(=O)Nc1ccc(Cl)cc1C#CCN. The topological polar surface area (TPSA) is 55.1 Å². The molecule has 0 saturated carbocycles. The van der Waals surface area contributed by atoms with Crippen molar-refractivity contribution in [3.8, 4) is 11.8 Å². The second-order valence-electron chi connectivity index (χ2n) is 4.55. The zero-order valence-corrected chi connectivity index (χ0v) is 12.6. The van der Waals surface area contributed by atoms with Gasteiger partial charge in [0.15, 0.2) is 0 Å². The molecular weight excluding hydrogens is 272 g/mol. The average Bonchev–Trinajstić information content (AvgIpc) is 2.44. The van der Waals surface area contributed by atoms with Crippen molar-refractivity contribution in [3.05, 3.63) is 28.8 Å². The summed E-state index contributed by atoms with van der Waals surface area (Å²) in [6.07, 6.45) is 4.87. The molecule has 20 heavy (non-hydrogen) atoms. The highest BCUT2D eigenvalue weighted by molar-refractivity contribution is 6.30. The van der Waals surface area contributed by atoms with E-state index < -0.39 is 0 Å². The molecule has 4 heteroatoms. The third-order valence-electron chi connectivity index (χ3n) is 2.84. The molecule has 0 aliphatic rings. The van der Waals surface area contributed by atoms with Crippen LogP contribution in [-0.2, 0) is 4.79 Å². The highest BCUT2D eigenvalue weighted by Gasteiger charge is 2.06. The fourth-order valence-corrected chi connectivity index (χ4v) is 1.97. The Morgan fingerprint density at radius 2 is 2.15 bits per heavy atom. The van der Waals surface area contributed by atoms with Gasteiger partial charge in [-0.25, -0.2) is 0 Å². The molecule has 3 nitrogen and oxygen atoms in total. The van der Waals surface area contributed by atoms with Crippen molar-refractivity contribution in [1.82, 2.24) is 0 Å². The van der Waals surface area contributed by atoms with Gasteiger partial charge in [0, 0.05) is 17.0 Å². The van der Waals surface area contributed by atoms with Gasteiger partial charge in [-0.15, -0.1) is 0 Å². The maximum atomic E-state index is 11.9. The van der Waals surface area contributed by atoms with Crippen LogP contribution >= 0.6 is 11.6 Å². The quantitative estimate of drug-likeness (QED) is 0.622. The largest absolute Gasteiger partial charge is 0.325 e. The van der Waals surface area contributed by atoms with Crippen LogP contribution in [0.15, 0.2) is 18.2 Å². The smallest absolute Gasteiger partial charge is 0.224 e. The highest BCUT2D eigenvalue weighted by Crippen LogP contribution is 2.20. The van der Waals surface area contributed by atoms with E-state index in [9.17, 15) is 4.79 Å². The van der Waals surface area contributed by atoms with Gasteiger partial charge in [-0.05, 0) is 24.6 Å². The molecule has 0 spiro atoms. The number of benzene rings is 1. The third kappa shape index (κ3) is 6.10. The van der Waals surface area contributed by atoms with Crippen molar-refractivity contribution < 1.29 is 4.79 Å². The van der Waals surface area contributed by atoms with Crippen LogP contribution in [0.5, 0.6) is 0 Å². The average molecular weight is 293 g/mol. The zero-order chi connectivity index (χ0) is 14.8. The van der Waals surface area contributed by atoms with Gasteiger partial charge in [0.05, 0.1) is 12.2 Å². The monoisotopic (exact) mass is 292 g/mol. The molecule has 1 aromatic carbocycles. The predicted molar refractivity (Wildman–Crippen MR) is 84.8 cm³/mol. The van der Waals surface area contributed by atoms with E-state index in [1.54, 1.807) is 18.2 Å². The minimum absolute atomic E-state index is 0.0132. The number of anilines is 1. The molecule has 0 fully saturated rings. The number of nitrogens with two attached hydrogens (primary N) is 1. The van der Waals surface area contributed by atoms with Crippen LogP contribution in [0, 0.1) is 11.8 Å². The lowest BCUT2D eigenvalue weighted by molar-refractivity contribution is -0.116. The molecule has 1 rings (SSSR count). The number of nitrogens with one attached hydrogen (secondary N) is 1. The standard InChI is InChI=1S/C16H21ClN2O/c1-2-3-4-5-8-16(20)19-15-10-9-14(17)12-13(15)7-6-11-18/h9-10,12H,2-5,8,11,18H2,1H3,(H,19,20). The summed E-state index contributed by atoms with van der Waals surface area (Å²) in [5, 5.41) is 3.47. The van der Waals surface area contributed by atoms with E-state index in [1.807, 2.05) is 0 Å². The fourth-order valence-electron chi connectivity index (χ4n) is 1.80.